The van der Waals surface area contributed by atoms with E-state index in [1.165, 1.54) is 25.1 Å². The van der Waals surface area contributed by atoms with Crippen molar-refractivity contribution >= 4 is 57.4 Å². The third-order valence-electron chi connectivity index (χ3n) is 8.31. The summed E-state index contributed by atoms with van der Waals surface area (Å²) in [7, 11) is 1.77. The van der Waals surface area contributed by atoms with Crippen molar-refractivity contribution in [2.45, 2.75) is 26.8 Å². The largest absolute Gasteiger partial charge is 0.351 e. The Bertz CT molecular complexity index is 2160. The molecule has 3 aromatic heterocycles. The van der Waals surface area contributed by atoms with Crippen molar-refractivity contribution in [1.29, 1.82) is 0 Å². The Hall–Kier alpha value is -4.74. The molecule has 0 bridgehead atoms. The number of para-hydroxylation sites is 1. The van der Waals surface area contributed by atoms with E-state index in [1.807, 2.05) is 55.5 Å². The van der Waals surface area contributed by atoms with E-state index < -0.39 is 5.91 Å². The highest BCUT2D eigenvalue weighted by atomic mass is 32.2. The predicted molar refractivity (Wildman–Crippen MR) is 179 cm³/mol. The number of nitrogens with zero attached hydrogens (tertiary/aromatic N) is 6. The summed E-state index contributed by atoms with van der Waals surface area (Å²) in [5.74, 6) is 0.0705. The first-order valence-electron chi connectivity index (χ1n) is 14.2. The van der Waals surface area contributed by atoms with E-state index in [0.29, 0.717) is 41.5 Å². The first-order valence-corrected chi connectivity index (χ1v) is 15.4. The van der Waals surface area contributed by atoms with Gasteiger partial charge in [0, 0.05) is 26.3 Å². The molecule has 0 saturated carbocycles. The van der Waals surface area contributed by atoms with E-state index in [-0.39, 0.29) is 26.0 Å². The lowest BCUT2D eigenvalue weighted by Crippen LogP contribution is -2.34. The normalized spacial score (nSPS) is 15.9. The van der Waals surface area contributed by atoms with Crippen molar-refractivity contribution in [3.63, 3.8) is 0 Å². The number of pyridine rings is 1. The molecule has 0 unspecified atom stereocenters. The molecule has 7 rings (SSSR count). The zero-order valence-electron chi connectivity index (χ0n) is 24.4. The standard InChI is InChI=1S/C33H28N6O3S2/c1-20-10-9-16-37-28(20)34-29(36-17-15-22-11-7-8-12-23(22)19-36)25(30(37)40)18-26-31(41)38(33(43)44-26)27-21(2)35(3)39(32(27)42)24-13-5-4-6-14-24/h4-14,16,18H,15,17,19H2,1-3H3. The summed E-state index contributed by atoms with van der Waals surface area (Å²) < 4.78 is 4.97. The number of rotatable bonds is 4. The third-order valence-corrected chi connectivity index (χ3v) is 9.61. The van der Waals surface area contributed by atoms with Crippen LogP contribution in [0.3, 0.4) is 0 Å². The Balaban J connectivity index is 1.35. The van der Waals surface area contributed by atoms with Gasteiger partial charge in [-0.3, -0.25) is 28.4 Å². The number of carbonyl (C=O) groups excluding carboxylic acids is 1. The molecule has 9 nitrogen and oxygen atoms in total. The molecule has 1 fully saturated rings. The quantitative estimate of drug-likeness (QED) is 0.212. The van der Waals surface area contributed by atoms with Crippen LogP contribution < -0.4 is 20.9 Å². The summed E-state index contributed by atoms with van der Waals surface area (Å²) >= 11 is 6.75. The van der Waals surface area contributed by atoms with Crippen LogP contribution >= 0.6 is 24.0 Å². The van der Waals surface area contributed by atoms with E-state index in [9.17, 15) is 14.4 Å². The van der Waals surface area contributed by atoms with Gasteiger partial charge in [-0.05, 0) is 61.2 Å². The van der Waals surface area contributed by atoms with Gasteiger partial charge >= 0.3 is 0 Å². The Morgan fingerprint density at radius 2 is 1.64 bits per heavy atom. The van der Waals surface area contributed by atoms with E-state index in [0.717, 1.165) is 23.7 Å². The molecule has 220 valence electrons. The van der Waals surface area contributed by atoms with E-state index in [2.05, 4.69) is 17.0 Å². The fraction of sp³-hybridized carbons (Fsp3) is 0.182. The smallest absolute Gasteiger partial charge is 0.296 e. The van der Waals surface area contributed by atoms with Crippen LogP contribution in [0.25, 0.3) is 17.4 Å². The lowest BCUT2D eigenvalue weighted by molar-refractivity contribution is -0.113. The van der Waals surface area contributed by atoms with Crippen LogP contribution in [-0.4, -0.2) is 35.5 Å². The van der Waals surface area contributed by atoms with Crippen LogP contribution in [-0.2, 0) is 24.8 Å². The van der Waals surface area contributed by atoms with Crippen molar-refractivity contribution in [1.82, 2.24) is 18.7 Å². The molecule has 0 spiro atoms. The molecule has 44 heavy (non-hydrogen) atoms. The number of thiocarbonyl (C=S) groups is 1. The van der Waals surface area contributed by atoms with Crippen LogP contribution in [0.2, 0.25) is 0 Å². The molecular weight excluding hydrogens is 593 g/mol. The van der Waals surface area contributed by atoms with E-state index >= 15 is 0 Å². The molecule has 0 aliphatic carbocycles. The van der Waals surface area contributed by atoms with Gasteiger partial charge in [-0.25, -0.2) is 9.67 Å². The summed E-state index contributed by atoms with van der Waals surface area (Å²) in [6, 6.07) is 21.2. The van der Waals surface area contributed by atoms with Crippen LogP contribution in [0, 0.1) is 13.8 Å². The molecular formula is C33H28N6O3S2. The van der Waals surface area contributed by atoms with Gasteiger partial charge in [-0.1, -0.05) is 72.5 Å². The average molecular weight is 621 g/mol. The van der Waals surface area contributed by atoms with Crippen LogP contribution in [0.1, 0.15) is 27.9 Å². The zero-order chi connectivity index (χ0) is 30.7. The summed E-state index contributed by atoms with van der Waals surface area (Å²) in [4.78, 5) is 50.4. The number of aryl methyl sites for hydroxylation is 1. The summed E-state index contributed by atoms with van der Waals surface area (Å²) in [6.07, 6.45) is 4.09. The fourth-order valence-corrected chi connectivity index (χ4v) is 7.20. The number of hydrogen-bond donors (Lipinski definition) is 0. The lowest BCUT2D eigenvalue weighted by Gasteiger charge is -2.31. The molecule has 1 amide bonds. The predicted octanol–water partition coefficient (Wildman–Crippen LogP) is 4.77. The van der Waals surface area contributed by atoms with Gasteiger partial charge < -0.3 is 4.90 Å². The number of hydrogen-bond acceptors (Lipinski definition) is 7. The van der Waals surface area contributed by atoms with Gasteiger partial charge in [0.2, 0.25) is 0 Å². The summed E-state index contributed by atoms with van der Waals surface area (Å²) in [5.41, 5.74) is 5.02. The molecule has 2 aliphatic rings. The Kier molecular flexibility index (Phi) is 6.86. The van der Waals surface area contributed by atoms with Crippen LogP contribution in [0.5, 0.6) is 0 Å². The topological polar surface area (TPSA) is 84.8 Å². The van der Waals surface area contributed by atoms with E-state index in [4.69, 9.17) is 17.2 Å². The average Bonchev–Trinajstić information content (AvgIpc) is 3.42. The van der Waals surface area contributed by atoms with Gasteiger partial charge in [0.15, 0.2) is 4.32 Å². The molecule has 11 heteroatoms. The maximum atomic E-state index is 14.1. The Labute approximate surface area is 262 Å². The summed E-state index contributed by atoms with van der Waals surface area (Å²) in [5, 5.41) is 0. The second-order valence-corrected chi connectivity index (χ2v) is 12.6. The second kappa shape index (κ2) is 10.8. The molecule has 5 heterocycles. The number of fused-ring (bicyclic) bond motifs is 2. The maximum absolute atomic E-state index is 14.1. The summed E-state index contributed by atoms with van der Waals surface area (Å²) in [6.45, 7) is 4.98. The van der Waals surface area contributed by atoms with Gasteiger partial charge in [-0.15, -0.1) is 0 Å². The number of benzene rings is 2. The number of carbonyl (C=O) groups is 1. The van der Waals surface area contributed by atoms with Gasteiger partial charge in [-0.2, -0.15) is 0 Å². The molecule has 5 aromatic rings. The highest BCUT2D eigenvalue weighted by Crippen LogP contribution is 2.37. The minimum Gasteiger partial charge on any atom is -0.351 e. The molecule has 2 aliphatic heterocycles. The highest BCUT2D eigenvalue weighted by Gasteiger charge is 2.38. The molecule has 1 saturated heterocycles. The van der Waals surface area contributed by atoms with Crippen molar-refractivity contribution in [3.8, 4) is 5.69 Å². The fourth-order valence-electron chi connectivity index (χ4n) is 5.95. The van der Waals surface area contributed by atoms with Crippen LogP contribution in [0.4, 0.5) is 11.5 Å². The Morgan fingerprint density at radius 1 is 0.909 bits per heavy atom. The molecule has 0 atom stereocenters. The monoisotopic (exact) mass is 620 g/mol. The maximum Gasteiger partial charge on any atom is 0.296 e. The van der Waals surface area contributed by atoms with Crippen molar-refractivity contribution in [3.05, 3.63) is 126 Å². The Morgan fingerprint density at radius 3 is 2.41 bits per heavy atom. The van der Waals surface area contributed by atoms with Crippen molar-refractivity contribution in [2.75, 3.05) is 16.3 Å². The number of amides is 1. The van der Waals surface area contributed by atoms with Crippen LogP contribution in [0.15, 0.2) is 87.4 Å². The van der Waals surface area contributed by atoms with Crippen molar-refractivity contribution < 1.29 is 4.79 Å². The molecule has 0 radical (unpaired) electrons. The van der Waals surface area contributed by atoms with E-state index in [1.54, 1.807) is 37.0 Å². The minimum atomic E-state index is -0.449. The second-order valence-electron chi connectivity index (χ2n) is 10.9. The highest BCUT2D eigenvalue weighted by molar-refractivity contribution is 8.27. The van der Waals surface area contributed by atoms with Gasteiger partial charge in [0.05, 0.1) is 21.8 Å². The number of thioether (sulfide) groups is 1. The van der Waals surface area contributed by atoms with Gasteiger partial charge in [0.25, 0.3) is 17.0 Å². The first kappa shape index (κ1) is 28.1. The van der Waals surface area contributed by atoms with Crippen molar-refractivity contribution in [2.24, 2.45) is 7.05 Å². The molecule has 2 aromatic carbocycles. The first-order chi connectivity index (χ1) is 21.2. The SMILES string of the molecule is Cc1cccn2c(=O)c(C=C3SC(=S)N(c4c(C)n(C)n(-c5ccccc5)c4=O)C3=O)c(N3CCc4ccccc4C3)nc12. The lowest BCUT2D eigenvalue weighted by atomic mass is 9.99. The zero-order valence-corrected chi connectivity index (χ0v) is 26.0. The number of aromatic nitrogens is 4. The molecule has 0 N–H and O–H groups in total. The number of anilines is 2. The minimum absolute atomic E-state index is 0.194. The van der Waals surface area contributed by atoms with Gasteiger partial charge in [0.1, 0.15) is 17.2 Å². The third kappa shape index (κ3) is 4.42.